The first-order valence-corrected chi connectivity index (χ1v) is 4.96. The highest BCUT2D eigenvalue weighted by atomic mass is 79.9. The van der Waals surface area contributed by atoms with Crippen LogP contribution >= 0.6 is 15.9 Å². The van der Waals surface area contributed by atoms with Gasteiger partial charge >= 0.3 is 0 Å². The molecule has 0 bridgehead atoms. The fourth-order valence-electron chi connectivity index (χ4n) is 1.08. The van der Waals surface area contributed by atoms with Crippen molar-refractivity contribution in [2.24, 2.45) is 7.05 Å². The van der Waals surface area contributed by atoms with Crippen molar-refractivity contribution in [1.29, 1.82) is 0 Å². The Bertz CT molecular complexity index is 383. The van der Waals surface area contributed by atoms with Gasteiger partial charge in [0, 0.05) is 13.1 Å². The fraction of sp³-hybridized carbons (Fsp3) is 0.500. The van der Waals surface area contributed by atoms with Crippen molar-refractivity contribution in [3.8, 4) is 0 Å². The van der Waals surface area contributed by atoms with Crippen molar-refractivity contribution in [2.45, 2.75) is 18.9 Å². The largest absolute Gasteiger partial charge is 0.377 e. The summed E-state index contributed by atoms with van der Waals surface area (Å²) in [5.41, 5.74) is 0.543. The molecule has 1 saturated carbocycles. The topological polar surface area (TPSA) is 46.9 Å². The minimum Gasteiger partial charge on any atom is -0.377 e. The maximum absolute atomic E-state index is 11.6. The Hall–Kier alpha value is -0.840. The van der Waals surface area contributed by atoms with E-state index >= 15 is 0 Å². The Kier molecular flexibility index (Phi) is 2.11. The van der Waals surface area contributed by atoms with Crippen LogP contribution in [0.5, 0.6) is 0 Å². The predicted molar refractivity (Wildman–Crippen MR) is 53.8 cm³/mol. The molecular formula is C8H10BrN3O. The predicted octanol–water partition coefficient (Wildman–Crippen LogP) is 1.12. The molecule has 13 heavy (non-hydrogen) atoms. The average Bonchev–Trinajstić information content (AvgIpc) is 2.89. The summed E-state index contributed by atoms with van der Waals surface area (Å²) in [6.07, 6.45) is 3.93. The molecule has 0 unspecified atom stereocenters. The van der Waals surface area contributed by atoms with Crippen LogP contribution in [-0.2, 0) is 7.05 Å². The Morgan fingerprint density at radius 2 is 2.38 bits per heavy atom. The smallest absolute Gasteiger partial charge is 0.290 e. The van der Waals surface area contributed by atoms with Crippen molar-refractivity contribution in [3.63, 3.8) is 0 Å². The second-order valence-corrected chi connectivity index (χ2v) is 4.07. The number of hydrogen-bond acceptors (Lipinski definition) is 3. The lowest BCUT2D eigenvalue weighted by atomic mass is 10.4. The standard InChI is InChI=1S/C8H10BrN3O/c1-12-8(13)7(6(9)4-10-12)11-5-2-3-5/h4-5,11H,2-3H2,1H3. The molecule has 1 heterocycles. The molecule has 1 aliphatic rings. The third-order valence-corrected chi connectivity index (χ3v) is 2.62. The normalized spacial score (nSPS) is 15.8. The van der Waals surface area contributed by atoms with Gasteiger partial charge in [0.1, 0.15) is 5.69 Å². The highest BCUT2D eigenvalue weighted by Gasteiger charge is 2.23. The van der Waals surface area contributed by atoms with Gasteiger partial charge in [-0.05, 0) is 28.8 Å². The van der Waals surface area contributed by atoms with Crippen LogP contribution in [0, 0.1) is 0 Å². The Labute approximate surface area is 84.1 Å². The molecule has 2 rings (SSSR count). The van der Waals surface area contributed by atoms with Crippen LogP contribution < -0.4 is 10.9 Å². The van der Waals surface area contributed by atoms with Crippen LogP contribution in [-0.4, -0.2) is 15.8 Å². The molecule has 1 fully saturated rings. The minimum atomic E-state index is -0.0822. The van der Waals surface area contributed by atoms with Crippen molar-refractivity contribution in [1.82, 2.24) is 9.78 Å². The zero-order chi connectivity index (χ0) is 9.42. The Morgan fingerprint density at radius 3 is 3.00 bits per heavy atom. The van der Waals surface area contributed by atoms with E-state index in [2.05, 4.69) is 26.3 Å². The van der Waals surface area contributed by atoms with Crippen molar-refractivity contribution >= 4 is 21.6 Å². The van der Waals surface area contributed by atoms with Gasteiger partial charge in [0.2, 0.25) is 0 Å². The summed E-state index contributed by atoms with van der Waals surface area (Å²) in [5, 5.41) is 7.06. The molecule has 0 radical (unpaired) electrons. The molecule has 0 atom stereocenters. The zero-order valence-electron chi connectivity index (χ0n) is 7.25. The van der Waals surface area contributed by atoms with Gasteiger partial charge in [0.25, 0.3) is 5.56 Å². The first-order chi connectivity index (χ1) is 6.18. The van der Waals surface area contributed by atoms with E-state index < -0.39 is 0 Å². The lowest BCUT2D eigenvalue weighted by Gasteiger charge is -2.06. The van der Waals surface area contributed by atoms with Gasteiger partial charge in [-0.2, -0.15) is 5.10 Å². The highest BCUT2D eigenvalue weighted by molar-refractivity contribution is 9.10. The van der Waals surface area contributed by atoms with Crippen LogP contribution in [0.2, 0.25) is 0 Å². The van der Waals surface area contributed by atoms with Gasteiger partial charge in [-0.25, -0.2) is 4.68 Å². The van der Waals surface area contributed by atoms with Gasteiger partial charge in [-0.3, -0.25) is 4.79 Å². The van der Waals surface area contributed by atoms with E-state index in [4.69, 9.17) is 0 Å². The van der Waals surface area contributed by atoms with Gasteiger partial charge in [-0.1, -0.05) is 0 Å². The second kappa shape index (κ2) is 3.14. The molecular weight excluding hydrogens is 234 g/mol. The first-order valence-electron chi connectivity index (χ1n) is 4.17. The molecule has 0 amide bonds. The van der Waals surface area contributed by atoms with Crippen LogP contribution in [0.25, 0.3) is 0 Å². The van der Waals surface area contributed by atoms with E-state index in [0.717, 1.165) is 17.3 Å². The molecule has 0 aromatic carbocycles. The number of nitrogens with zero attached hydrogens (tertiary/aromatic N) is 2. The number of anilines is 1. The zero-order valence-corrected chi connectivity index (χ0v) is 8.84. The van der Waals surface area contributed by atoms with Crippen molar-refractivity contribution in [2.75, 3.05) is 5.32 Å². The molecule has 4 nitrogen and oxygen atoms in total. The lowest BCUT2D eigenvalue weighted by molar-refractivity contribution is 0.705. The highest BCUT2D eigenvalue weighted by Crippen LogP contribution is 2.26. The number of halogens is 1. The third-order valence-electron chi connectivity index (χ3n) is 2.02. The Morgan fingerprint density at radius 1 is 1.69 bits per heavy atom. The van der Waals surface area contributed by atoms with Gasteiger partial charge in [0.15, 0.2) is 0 Å². The third kappa shape index (κ3) is 1.75. The van der Waals surface area contributed by atoms with E-state index in [0.29, 0.717) is 11.7 Å². The van der Waals surface area contributed by atoms with Crippen molar-refractivity contribution in [3.05, 3.63) is 21.0 Å². The summed E-state index contributed by atoms with van der Waals surface area (Å²) < 4.78 is 2.07. The lowest BCUT2D eigenvalue weighted by Crippen LogP contribution is -2.24. The number of aryl methyl sites for hydroxylation is 1. The molecule has 1 aromatic heterocycles. The van der Waals surface area contributed by atoms with E-state index in [1.807, 2.05) is 0 Å². The SMILES string of the molecule is Cn1ncc(Br)c(NC2CC2)c1=O. The van der Waals surface area contributed by atoms with E-state index in [1.54, 1.807) is 13.2 Å². The summed E-state index contributed by atoms with van der Waals surface area (Å²) in [7, 11) is 1.65. The number of hydrogen-bond donors (Lipinski definition) is 1. The van der Waals surface area contributed by atoms with Crippen LogP contribution in [0.1, 0.15) is 12.8 Å². The molecule has 1 N–H and O–H groups in total. The Balaban J connectivity index is 2.40. The molecule has 5 heteroatoms. The molecule has 0 saturated heterocycles. The van der Waals surface area contributed by atoms with E-state index in [1.165, 1.54) is 4.68 Å². The van der Waals surface area contributed by atoms with Crippen LogP contribution in [0.3, 0.4) is 0 Å². The first kappa shape index (κ1) is 8.74. The maximum atomic E-state index is 11.6. The second-order valence-electron chi connectivity index (χ2n) is 3.21. The van der Waals surface area contributed by atoms with Gasteiger partial charge in [0.05, 0.1) is 10.7 Å². The van der Waals surface area contributed by atoms with Crippen molar-refractivity contribution < 1.29 is 0 Å². The maximum Gasteiger partial charge on any atom is 0.290 e. The summed E-state index contributed by atoms with van der Waals surface area (Å²) in [6, 6.07) is 0.478. The minimum absolute atomic E-state index is 0.0822. The summed E-state index contributed by atoms with van der Waals surface area (Å²) >= 11 is 3.30. The quantitative estimate of drug-likeness (QED) is 0.847. The summed E-state index contributed by atoms with van der Waals surface area (Å²) in [4.78, 5) is 11.6. The average molecular weight is 244 g/mol. The van der Waals surface area contributed by atoms with Gasteiger partial charge in [-0.15, -0.1) is 0 Å². The van der Waals surface area contributed by atoms with E-state index in [9.17, 15) is 4.79 Å². The molecule has 1 aromatic rings. The van der Waals surface area contributed by atoms with Gasteiger partial charge < -0.3 is 5.32 Å². The van der Waals surface area contributed by atoms with Crippen LogP contribution in [0.4, 0.5) is 5.69 Å². The monoisotopic (exact) mass is 243 g/mol. The molecule has 1 aliphatic carbocycles. The van der Waals surface area contributed by atoms with E-state index in [-0.39, 0.29) is 5.56 Å². The van der Waals surface area contributed by atoms with Crippen LogP contribution in [0.15, 0.2) is 15.5 Å². The summed E-state index contributed by atoms with van der Waals surface area (Å²) in [5.74, 6) is 0. The molecule has 70 valence electrons. The fourth-order valence-corrected chi connectivity index (χ4v) is 1.46. The molecule has 0 aliphatic heterocycles. The molecule has 0 spiro atoms. The number of rotatable bonds is 2. The number of aromatic nitrogens is 2. The summed E-state index contributed by atoms with van der Waals surface area (Å²) in [6.45, 7) is 0. The number of nitrogens with one attached hydrogen (secondary N) is 1.